The van der Waals surface area contributed by atoms with Gasteiger partial charge >= 0.3 is 21.1 Å². The van der Waals surface area contributed by atoms with Gasteiger partial charge in [0.15, 0.2) is 0 Å². The highest BCUT2D eigenvalue weighted by molar-refractivity contribution is 6.36. The summed E-state index contributed by atoms with van der Waals surface area (Å²) in [7, 11) is 0. The number of rotatable bonds is 8. The van der Waals surface area contributed by atoms with Gasteiger partial charge < -0.3 is 16.1 Å². The van der Waals surface area contributed by atoms with Crippen LogP contribution in [-0.4, -0.2) is 39.9 Å². The molecule has 0 aliphatic carbocycles. The molecule has 6 heteroatoms. The first-order chi connectivity index (χ1) is 9.49. The van der Waals surface area contributed by atoms with E-state index in [1.165, 1.54) is 6.08 Å². The van der Waals surface area contributed by atoms with Gasteiger partial charge in [-0.1, -0.05) is 20.8 Å². The lowest BCUT2D eigenvalue weighted by Crippen LogP contribution is -2.32. The second-order valence-electron chi connectivity index (χ2n) is 6.70. The Morgan fingerprint density at radius 2 is 1.57 bits per heavy atom. The van der Waals surface area contributed by atoms with Gasteiger partial charge in [0.05, 0.1) is 18.4 Å². The van der Waals surface area contributed by atoms with Gasteiger partial charge in [-0.05, 0) is 40.0 Å². The first-order valence-corrected chi connectivity index (χ1v) is 8.73. The summed E-state index contributed by atoms with van der Waals surface area (Å²) < 4.78 is 22.0. The van der Waals surface area contributed by atoms with E-state index >= 15 is 0 Å². The molecule has 0 N–H and O–H groups in total. The van der Waals surface area contributed by atoms with E-state index in [0.29, 0.717) is 12.4 Å². The van der Waals surface area contributed by atoms with E-state index in [9.17, 15) is 4.79 Å². The molecule has 0 heterocycles. The number of carbonyl (C=O) groups excluding carboxylic acids is 1. The summed E-state index contributed by atoms with van der Waals surface area (Å²) in [6, 6.07) is 0. The Balaban J connectivity index is 4.48. The standard InChI is InChI=1S/C9H16O3.2C3H7O.Al/c1-7(10)5-8(11)12-6-9(2,3)4;2*1-3(2)4;/h5,10H,6H2,1-4H3;2*3H,1-2H3;/q;2*-1;+3/p-1/b7-5-;;;. The lowest BCUT2D eigenvalue weighted by Gasteiger charge is -2.19. The minimum Gasteiger partial charge on any atom is -0.602 e. The Morgan fingerprint density at radius 1 is 1.10 bits per heavy atom. The summed E-state index contributed by atoms with van der Waals surface area (Å²) in [5.74, 6) is 0.0381. The van der Waals surface area contributed by atoms with Crippen molar-refractivity contribution in [2.24, 2.45) is 5.41 Å². The highest BCUT2D eigenvalue weighted by Gasteiger charge is 2.37. The molecule has 0 aromatic carbocycles. The van der Waals surface area contributed by atoms with E-state index in [2.05, 4.69) is 0 Å². The summed E-state index contributed by atoms with van der Waals surface area (Å²) >= 11 is -2.30. The second-order valence-corrected chi connectivity index (χ2v) is 8.06. The van der Waals surface area contributed by atoms with E-state index in [4.69, 9.17) is 16.1 Å². The zero-order valence-electron chi connectivity index (χ0n) is 14.6. The molecular weight excluding hydrogens is 287 g/mol. The van der Waals surface area contributed by atoms with Crippen LogP contribution in [0.1, 0.15) is 55.4 Å². The molecule has 0 unspecified atom stereocenters. The topological polar surface area (TPSA) is 54.0 Å². The molecular formula is C15H29AlO5. The molecule has 21 heavy (non-hydrogen) atoms. The molecule has 0 bridgehead atoms. The first kappa shape index (κ1) is 20.5. The molecule has 122 valence electrons. The quantitative estimate of drug-likeness (QED) is 0.297. The Morgan fingerprint density at radius 3 is 1.95 bits per heavy atom. The summed E-state index contributed by atoms with van der Waals surface area (Å²) in [6.45, 7) is 15.8. The molecule has 5 nitrogen and oxygen atoms in total. The number of ether oxygens (including phenoxy) is 1. The zero-order valence-corrected chi connectivity index (χ0v) is 15.7. The van der Waals surface area contributed by atoms with Gasteiger partial charge in [0, 0.05) is 12.2 Å². The maximum Gasteiger partial charge on any atom is 1.00 e. The van der Waals surface area contributed by atoms with Crippen molar-refractivity contribution >= 4 is 21.1 Å². The molecule has 0 atom stereocenters. The van der Waals surface area contributed by atoms with Crippen LogP contribution in [0.25, 0.3) is 0 Å². The van der Waals surface area contributed by atoms with Gasteiger partial charge in [-0.3, -0.25) is 0 Å². The average Bonchev–Trinajstić information content (AvgIpc) is 2.22. The van der Waals surface area contributed by atoms with Crippen LogP contribution in [0.4, 0.5) is 0 Å². The summed E-state index contributed by atoms with van der Waals surface area (Å²) in [6.07, 6.45) is 1.36. The van der Waals surface area contributed by atoms with Gasteiger partial charge in [-0.25, -0.2) is 4.79 Å². The molecule has 0 saturated carbocycles. The van der Waals surface area contributed by atoms with Crippen LogP contribution in [0.3, 0.4) is 0 Å². The highest BCUT2D eigenvalue weighted by atomic mass is 27.3. The third-order valence-electron chi connectivity index (χ3n) is 2.02. The van der Waals surface area contributed by atoms with Crippen LogP contribution < -0.4 is 0 Å². The van der Waals surface area contributed by atoms with Crippen LogP contribution in [0, 0.1) is 5.41 Å². The van der Waals surface area contributed by atoms with Crippen LogP contribution >= 0.6 is 0 Å². The molecule has 0 spiro atoms. The first-order valence-electron chi connectivity index (χ1n) is 7.32. The van der Waals surface area contributed by atoms with E-state index in [1.54, 1.807) is 6.92 Å². The predicted octanol–water partition coefficient (Wildman–Crippen LogP) is 3.33. The predicted molar refractivity (Wildman–Crippen MR) is 83.5 cm³/mol. The Hall–Kier alpha value is -0.538. The smallest absolute Gasteiger partial charge is 0.602 e. The van der Waals surface area contributed by atoms with E-state index < -0.39 is 21.1 Å². The van der Waals surface area contributed by atoms with Crippen molar-refractivity contribution in [2.75, 3.05) is 6.61 Å². The van der Waals surface area contributed by atoms with Crippen LogP contribution in [-0.2, 0) is 20.9 Å². The molecule has 0 aromatic heterocycles. The fourth-order valence-electron chi connectivity index (χ4n) is 1.21. The van der Waals surface area contributed by atoms with Crippen molar-refractivity contribution in [1.29, 1.82) is 0 Å². The maximum atomic E-state index is 11.7. The van der Waals surface area contributed by atoms with Crippen molar-refractivity contribution in [3.05, 3.63) is 11.8 Å². The SMILES string of the molecule is C/C(=C/C(=O)OCC(C)(C)C)[O][Al]([O]C(C)C)[O]C(C)C. The van der Waals surface area contributed by atoms with E-state index in [1.807, 2.05) is 48.5 Å². The van der Waals surface area contributed by atoms with Crippen molar-refractivity contribution in [3.63, 3.8) is 0 Å². The molecule has 0 aliphatic heterocycles. The fraction of sp³-hybridized carbons (Fsp3) is 0.800. The van der Waals surface area contributed by atoms with Gasteiger partial charge in [0.1, 0.15) is 0 Å². The Kier molecular flexibility index (Phi) is 9.23. The molecule has 0 aromatic rings. The Labute approximate surface area is 134 Å². The number of esters is 1. The van der Waals surface area contributed by atoms with Crippen molar-refractivity contribution < 1.29 is 20.9 Å². The highest BCUT2D eigenvalue weighted by Crippen LogP contribution is 2.13. The molecule has 0 amide bonds. The van der Waals surface area contributed by atoms with Gasteiger partial charge in [0.2, 0.25) is 0 Å². The van der Waals surface area contributed by atoms with Gasteiger partial charge in [0.25, 0.3) is 0 Å². The lowest BCUT2D eigenvalue weighted by atomic mass is 9.99. The molecule has 0 radical (unpaired) electrons. The normalized spacial score (nSPS) is 12.8. The summed E-state index contributed by atoms with van der Waals surface area (Å²) in [5.41, 5.74) is -0.0585. The molecule has 0 saturated heterocycles. The summed E-state index contributed by atoms with van der Waals surface area (Å²) in [5, 5.41) is 0. The van der Waals surface area contributed by atoms with Crippen LogP contribution in [0.2, 0.25) is 0 Å². The fourth-order valence-corrected chi connectivity index (χ4v) is 2.65. The minimum absolute atomic E-state index is 0.0149. The van der Waals surface area contributed by atoms with Gasteiger partial charge in [-0.15, -0.1) is 0 Å². The Bertz CT molecular complexity index is 334. The zero-order chi connectivity index (χ0) is 16.6. The largest absolute Gasteiger partial charge is 1.00 e. The van der Waals surface area contributed by atoms with Gasteiger partial charge in [-0.2, -0.15) is 0 Å². The monoisotopic (exact) mass is 316 g/mol. The number of hydrogen-bond donors (Lipinski definition) is 0. The van der Waals surface area contributed by atoms with Crippen molar-refractivity contribution in [1.82, 2.24) is 0 Å². The van der Waals surface area contributed by atoms with Crippen LogP contribution in [0.5, 0.6) is 0 Å². The van der Waals surface area contributed by atoms with Crippen LogP contribution in [0.15, 0.2) is 11.8 Å². The number of allylic oxidation sites excluding steroid dienone is 1. The number of hydrogen-bond acceptors (Lipinski definition) is 5. The van der Waals surface area contributed by atoms with Crippen molar-refractivity contribution in [3.8, 4) is 0 Å². The molecule has 0 rings (SSSR count). The van der Waals surface area contributed by atoms with E-state index in [-0.39, 0.29) is 17.6 Å². The third kappa shape index (κ3) is 12.9. The average molecular weight is 316 g/mol. The lowest BCUT2D eigenvalue weighted by molar-refractivity contribution is -0.140. The minimum atomic E-state index is -2.30. The molecule has 0 aliphatic rings. The van der Waals surface area contributed by atoms with E-state index in [0.717, 1.165) is 0 Å². The third-order valence-corrected chi connectivity index (χ3v) is 4.11. The second kappa shape index (κ2) is 9.47. The van der Waals surface area contributed by atoms with Crippen molar-refractivity contribution in [2.45, 2.75) is 67.6 Å². The summed E-state index contributed by atoms with van der Waals surface area (Å²) in [4.78, 5) is 11.7. The maximum absolute atomic E-state index is 11.7. The number of carbonyl (C=O) groups is 1. The molecule has 0 fully saturated rings.